The molecule has 3 nitrogen and oxygen atoms in total. The lowest BCUT2D eigenvalue weighted by Crippen LogP contribution is -2.01. The third-order valence-electron chi connectivity index (χ3n) is 3.00. The summed E-state index contributed by atoms with van der Waals surface area (Å²) in [5.74, 6) is 1.15. The summed E-state index contributed by atoms with van der Waals surface area (Å²) in [5, 5.41) is 12.9. The highest BCUT2D eigenvalue weighted by Gasteiger charge is 2.03. The van der Waals surface area contributed by atoms with Gasteiger partial charge in [-0.2, -0.15) is 0 Å². The molecule has 0 bridgehead atoms. The summed E-state index contributed by atoms with van der Waals surface area (Å²) in [5.41, 5.74) is 3.33. The minimum atomic E-state index is 0.256. The molecule has 0 saturated heterocycles. The Morgan fingerprint density at radius 1 is 1.20 bits per heavy atom. The van der Waals surface area contributed by atoms with E-state index in [1.165, 1.54) is 0 Å². The lowest BCUT2D eigenvalue weighted by Gasteiger charge is -2.12. The molecule has 106 valence electrons. The van der Waals surface area contributed by atoms with Gasteiger partial charge >= 0.3 is 0 Å². The Morgan fingerprint density at radius 3 is 2.65 bits per heavy atom. The highest BCUT2D eigenvalue weighted by Crippen LogP contribution is 2.26. The van der Waals surface area contributed by atoms with Crippen LogP contribution in [0, 0.1) is 6.92 Å². The van der Waals surface area contributed by atoms with E-state index < -0.39 is 0 Å². The van der Waals surface area contributed by atoms with Gasteiger partial charge in [0.15, 0.2) is 0 Å². The number of hydrogen-bond acceptors (Lipinski definition) is 3. The van der Waals surface area contributed by atoms with Crippen molar-refractivity contribution in [1.82, 2.24) is 0 Å². The third kappa shape index (κ3) is 3.67. The Hall–Kier alpha value is -1.68. The first-order valence-corrected chi connectivity index (χ1v) is 7.34. The van der Waals surface area contributed by atoms with Gasteiger partial charge in [0.2, 0.25) is 0 Å². The minimum Gasteiger partial charge on any atom is -0.507 e. The fourth-order valence-electron chi connectivity index (χ4n) is 1.95. The lowest BCUT2D eigenvalue weighted by atomic mass is 10.1. The molecule has 0 amide bonds. The van der Waals surface area contributed by atoms with Crippen molar-refractivity contribution in [3.63, 3.8) is 0 Å². The number of phenolic OH excluding ortho intramolecular Hbond substituents is 1. The number of benzene rings is 2. The first-order chi connectivity index (χ1) is 9.60. The predicted molar refractivity (Wildman–Crippen MR) is 85.5 cm³/mol. The van der Waals surface area contributed by atoms with Crippen LogP contribution in [0.3, 0.4) is 0 Å². The average Bonchev–Trinajstić information content (AvgIpc) is 2.42. The smallest absolute Gasteiger partial charge is 0.129 e. The number of rotatable bonds is 5. The van der Waals surface area contributed by atoms with E-state index in [2.05, 4.69) is 28.2 Å². The first-order valence-electron chi connectivity index (χ1n) is 6.55. The molecule has 0 aliphatic carbocycles. The number of phenols is 1. The molecule has 2 aromatic rings. The molecule has 0 saturated carbocycles. The molecule has 0 radical (unpaired) electrons. The number of hydrogen-bond donors (Lipinski definition) is 2. The number of halogens is 1. The Bertz CT molecular complexity index is 599. The van der Waals surface area contributed by atoms with Crippen LogP contribution in [0.15, 0.2) is 40.9 Å². The SMILES string of the molecule is CCOc1ccc(NCc2ccc(O)c(Br)c2)c(C)c1. The van der Waals surface area contributed by atoms with Crippen LogP contribution in [-0.2, 0) is 6.54 Å². The van der Waals surface area contributed by atoms with E-state index >= 15 is 0 Å². The Kier molecular flexibility index (Phi) is 4.90. The molecular formula is C16H18BrNO2. The maximum Gasteiger partial charge on any atom is 0.129 e. The van der Waals surface area contributed by atoms with Crippen molar-refractivity contribution in [2.75, 3.05) is 11.9 Å². The largest absolute Gasteiger partial charge is 0.507 e. The van der Waals surface area contributed by atoms with Gasteiger partial charge in [0, 0.05) is 12.2 Å². The molecule has 20 heavy (non-hydrogen) atoms. The predicted octanol–water partition coefficient (Wildman–Crippen LogP) is 4.47. The quantitative estimate of drug-likeness (QED) is 0.846. The monoisotopic (exact) mass is 335 g/mol. The maximum atomic E-state index is 9.47. The summed E-state index contributed by atoms with van der Waals surface area (Å²) in [4.78, 5) is 0. The van der Waals surface area contributed by atoms with Gasteiger partial charge in [0.25, 0.3) is 0 Å². The van der Waals surface area contributed by atoms with Gasteiger partial charge in [-0.3, -0.25) is 0 Å². The molecule has 0 aliphatic heterocycles. The zero-order valence-electron chi connectivity index (χ0n) is 11.6. The molecule has 0 aromatic heterocycles. The molecule has 2 rings (SSSR count). The van der Waals surface area contributed by atoms with Crippen LogP contribution in [0.25, 0.3) is 0 Å². The molecule has 0 heterocycles. The molecule has 0 fully saturated rings. The van der Waals surface area contributed by atoms with Crippen molar-refractivity contribution in [1.29, 1.82) is 0 Å². The Morgan fingerprint density at radius 2 is 2.00 bits per heavy atom. The van der Waals surface area contributed by atoms with E-state index in [4.69, 9.17) is 4.74 Å². The zero-order chi connectivity index (χ0) is 14.5. The van der Waals surface area contributed by atoms with Crippen LogP contribution >= 0.6 is 15.9 Å². The summed E-state index contributed by atoms with van der Waals surface area (Å²) in [6.07, 6.45) is 0. The fourth-order valence-corrected chi connectivity index (χ4v) is 2.37. The van der Waals surface area contributed by atoms with E-state index in [1.54, 1.807) is 6.07 Å². The highest BCUT2D eigenvalue weighted by molar-refractivity contribution is 9.10. The second-order valence-corrected chi connectivity index (χ2v) is 5.40. The van der Waals surface area contributed by atoms with Gasteiger partial charge in [-0.05, 0) is 71.2 Å². The fraction of sp³-hybridized carbons (Fsp3) is 0.250. The molecule has 4 heteroatoms. The van der Waals surface area contributed by atoms with Gasteiger partial charge in [0.1, 0.15) is 11.5 Å². The van der Waals surface area contributed by atoms with Crippen LogP contribution in [0.5, 0.6) is 11.5 Å². The van der Waals surface area contributed by atoms with Crippen molar-refractivity contribution in [3.05, 3.63) is 52.0 Å². The second kappa shape index (κ2) is 6.66. The van der Waals surface area contributed by atoms with Gasteiger partial charge in [-0.15, -0.1) is 0 Å². The third-order valence-corrected chi connectivity index (χ3v) is 3.64. The molecule has 0 unspecified atom stereocenters. The van der Waals surface area contributed by atoms with Crippen LogP contribution in [0.2, 0.25) is 0 Å². The Balaban J connectivity index is 2.05. The average molecular weight is 336 g/mol. The van der Waals surface area contributed by atoms with E-state index in [0.717, 1.165) is 22.6 Å². The van der Waals surface area contributed by atoms with Gasteiger partial charge in [-0.1, -0.05) is 6.07 Å². The Labute approximate surface area is 127 Å². The normalized spacial score (nSPS) is 10.3. The molecular weight excluding hydrogens is 318 g/mol. The number of nitrogens with one attached hydrogen (secondary N) is 1. The van der Waals surface area contributed by atoms with Crippen LogP contribution < -0.4 is 10.1 Å². The van der Waals surface area contributed by atoms with E-state index in [-0.39, 0.29) is 5.75 Å². The van der Waals surface area contributed by atoms with Crippen LogP contribution in [0.1, 0.15) is 18.1 Å². The van der Waals surface area contributed by atoms with Gasteiger partial charge < -0.3 is 15.2 Å². The molecule has 0 atom stereocenters. The highest BCUT2D eigenvalue weighted by atomic mass is 79.9. The zero-order valence-corrected chi connectivity index (χ0v) is 13.2. The summed E-state index contributed by atoms with van der Waals surface area (Å²) in [7, 11) is 0. The van der Waals surface area contributed by atoms with E-state index in [9.17, 15) is 5.11 Å². The van der Waals surface area contributed by atoms with Crippen molar-refractivity contribution >= 4 is 21.6 Å². The molecule has 0 aliphatic rings. The van der Waals surface area contributed by atoms with Crippen molar-refractivity contribution in [2.24, 2.45) is 0 Å². The van der Waals surface area contributed by atoms with Crippen molar-refractivity contribution in [2.45, 2.75) is 20.4 Å². The van der Waals surface area contributed by atoms with E-state index in [0.29, 0.717) is 17.6 Å². The van der Waals surface area contributed by atoms with Crippen molar-refractivity contribution in [3.8, 4) is 11.5 Å². The first kappa shape index (κ1) is 14.7. The standard InChI is InChI=1S/C16H18BrNO2/c1-3-20-13-5-6-15(11(2)8-13)18-10-12-4-7-16(19)14(17)9-12/h4-9,18-19H,3,10H2,1-2H3. The molecule has 2 aromatic carbocycles. The summed E-state index contributed by atoms with van der Waals surface area (Å²) >= 11 is 3.32. The maximum absolute atomic E-state index is 9.47. The number of aromatic hydroxyl groups is 1. The van der Waals surface area contributed by atoms with Crippen molar-refractivity contribution < 1.29 is 9.84 Å². The number of aryl methyl sites for hydroxylation is 1. The molecule has 0 spiro atoms. The number of anilines is 1. The van der Waals surface area contributed by atoms with Gasteiger partial charge in [-0.25, -0.2) is 0 Å². The number of ether oxygens (including phenoxy) is 1. The summed E-state index contributed by atoms with van der Waals surface area (Å²) in [6.45, 7) is 5.41. The van der Waals surface area contributed by atoms with E-state index in [1.807, 2.05) is 37.3 Å². The van der Waals surface area contributed by atoms with Crippen LogP contribution in [-0.4, -0.2) is 11.7 Å². The minimum absolute atomic E-state index is 0.256. The second-order valence-electron chi connectivity index (χ2n) is 4.55. The topological polar surface area (TPSA) is 41.5 Å². The molecule has 2 N–H and O–H groups in total. The summed E-state index contributed by atoms with van der Waals surface area (Å²) in [6, 6.07) is 11.5. The summed E-state index contributed by atoms with van der Waals surface area (Å²) < 4.78 is 6.18. The van der Waals surface area contributed by atoms with Gasteiger partial charge in [0.05, 0.1) is 11.1 Å². The lowest BCUT2D eigenvalue weighted by molar-refractivity contribution is 0.340. The van der Waals surface area contributed by atoms with Crippen LogP contribution in [0.4, 0.5) is 5.69 Å².